The lowest BCUT2D eigenvalue weighted by Gasteiger charge is -2.31. The molecule has 1 fully saturated rings. The van der Waals surface area contributed by atoms with Crippen molar-refractivity contribution in [1.29, 1.82) is 0 Å². The Morgan fingerprint density at radius 1 is 1.02 bits per heavy atom. The molecule has 1 heterocycles. The van der Waals surface area contributed by atoms with Gasteiger partial charge < -0.3 is 24.8 Å². The number of rotatable bonds is 14. The van der Waals surface area contributed by atoms with Gasteiger partial charge in [-0.1, -0.05) is 25.1 Å². The van der Waals surface area contributed by atoms with Gasteiger partial charge in [0.05, 0.1) is 13.2 Å². The van der Waals surface area contributed by atoms with Gasteiger partial charge in [0, 0.05) is 31.7 Å². The van der Waals surface area contributed by atoms with E-state index in [1.165, 1.54) is 12.1 Å². The van der Waals surface area contributed by atoms with Crippen molar-refractivity contribution in [2.75, 3.05) is 26.4 Å². The van der Waals surface area contributed by atoms with Crippen LogP contribution >= 0.6 is 0 Å². The zero-order chi connectivity index (χ0) is 30.0. The Labute approximate surface area is 241 Å². The molecular formula is C31H42FN3O6. The zero-order valence-electron chi connectivity index (χ0n) is 24.7. The van der Waals surface area contributed by atoms with Crippen LogP contribution in [0.2, 0.25) is 0 Å². The number of carbonyl (C=O) groups is 3. The lowest BCUT2D eigenvalue weighted by atomic mass is 9.91. The van der Waals surface area contributed by atoms with E-state index in [1.54, 1.807) is 52.8 Å². The van der Waals surface area contributed by atoms with Gasteiger partial charge >= 0.3 is 12.1 Å². The lowest BCUT2D eigenvalue weighted by Crippen LogP contribution is -2.55. The van der Waals surface area contributed by atoms with Crippen LogP contribution in [0.1, 0.15) is 93.5 Å². The van der Waals surface area contributed by atoms with Crippen molar-refractivity contribution in [3.8, 4) is 0 Å². The highest BCUT2D eigenvalue weighted by molar-refractivity contribution is 5.96. The Morgan fingerprint density at radius 3 is 2.34 bits per heavy atom. The molecule has 0 spiro atoms. The van der Waals surface area contributed by atoms with E-state index in [0.29, 0.717) is 12.3 Å². The molecule has 2 N–H and O–H groups in total. The number of hydrogen-bond donors (Lipinski definition) is 2. The zero-order valence-corrected chi connectivity index (χ0v) is 24.7. The van der Waals surface area contributed by atoms with E-state index in [-0.39, 0.29) is 50.7 Å². The molecule has 9 nitrogen and oxygen atoms in total. The summed E-state index contributed by atoms with van der Waals surface area (Å²) in [4.78, 5) is 43.0. The second kappa shape index (κ2) is 14.4. The van der Waals surface area contributed by atoms with Crippen LogP contribution in [-0.2, 0) is 25.4 Å². The summed E-state index contributed by atoms with van der Waals surface area (Å²) < 4.78 is 29.6. The normalized spacial score (nSPS) is 14.6. The molecule has 1 aliphatic carbocycles. The fraction of sp³-hybridized carbons (Fsp3) is 0.548. The van der Waals surface area contributed by atoms with Crippen molar-refractivity contribution < 1.29 is 33.0 Å². The maximum atomic E-state index is 13.5. The summed E-state index contributed by atoms with van der Waals surface area (Å²) in [6, 6.07) is 9.86. The first-order chi connectivity index (χ1) is 19.5. The molecule has 1 atom stereocenters. The van der Waals surface area contributed by atoms with Crippen molar-refractivity contribution in [2.45, 2.75) is 83.8 Å². The van der Waals surface area contributed by atoms with Gasteiger partial charge in [0.25, 0.3) is 5.91 Å². The Kier molecular flexibility index (Phi) is 11.2. The van der Waals surface area contributed by atoms with Crippen LogP contribution in [0.25, 0.3) is 0 Å². The third-order valence-electron chi connectivity index (χ3n) is 6.75. The van der Waals surface area contributed by atoms with Crippen LogP contribution in [0, 0.1) is 5.82 Å². The van der Waals surface area contributed by atoms with E-state index in [9.17, 15) is 18.8 Å². The number of hydrogen-bond acceptors (Lipinski definition) is 7. The van der Waals surface area contributed by atoms with Gasteiger partial charge in [-0.15, -0.1) is 0 Å². The first-order valence-corrected chi connectivity index (χ1v) is 14.2. The number of ether oxygens (including phenoxy) is 3. The molecule has 0 aliphatic heterocycles. The number of halogens is 1. The third-order valence-corrected chi connectivity index (χ3v) is 6.75. The Morgan fingerprint density at radius 2 is 1.73 bits per heavy atom. The molecule has 3 rings (SSSR count). The quantitative estimate of drug-likeness (QED) is 0.241. The molecule has 1 saturated carbocycles. The van der Waals surface area contributed by atoms with Crippen molar-refractivity contribution in [3.63, 3.8) is 0 Å². The van der Waals surface area contributed by atoms with Gasteiger partial charge in [0.15, 0.2) is 0 Å². The summed E-state index contributed by atoms with van der Waals surface area (Å²) in [6.45, 7) is 9.58. The van der Waals surface area contributed by atoms with Crippen molar-refractivity contribution >= 4 is 18.0 Å². The van der Waals surface area contributed by atoms with E-state index < -0.39 is 29.1 Å². The molecule has 2 amide bonds. The van der Waals surface area contributed by atoms with Gasteiger partial charge in [-0.2, -0.15) is 0 Å². The highest BCUT2D eigenvalue weighted by Gasteiger charge is 2.40. The van der Waals surface area contributed by atoms with Crippen LogP contribution in [0.3, 0.4) is 0 Å². The first-order valence-electron chi connectivity index (χ1n) is 14.2. The Bertz CT molecular complexity index is 1190. The molecule has 1 aromatic carbocycles. The van der Waals surface area contributed by atoms with Crippen molar-refractivity contribution in [1.82, 2.24) is 15.6 Å². The van der Waals surface area contributed by atoms with Crippen LogP contribution in [-0.4, -0.2) is 60.5 Å². The molecule has 0 bridgehead atoms. The number of carbonyl (C=O) groups excluding carboxylic acids is 3. The third kappa shape index (κ3) is 9.81. The maximum Gasteiger partial charge on any atom is 0.407 e. The highest BCUT2D eigenvalue weighted by atomic mass is 19.1. The van der Waals surface area contributed by atoms with Crippen LogP contribution in [0.15, 0.2) is 36.4 Å². The molecule has 2 aromatic rings. The van der Waals surface area contributed by atoms with Crippen LogP contribution in [0.5, 0.6) is 0 Å². The summed E-state index contributed by atoms with van der Waals surface area (Å²) in [5.74, 6) is -0.941. The minimum Gasteiger partial charge on any atom is -0.464 e. The van der Waals surface area contributed by atoms with Gasteiger partial charge in [-0.05, 0) is 82.2 Å². The summed E-state index contributed by atoms with van der Waals surface area (Å²) in [7, 11) is 0. The summed E-state index contributed by atoms with van der Waals surface area (Å²) >= 11 is 0. The predicted molar refractivity (Wildman–Crippen MR) is 152 cm³/mol. The second-order valence-electron chi connectivity index (χ2n) is 11.2. The van der Waals surface area contributed by atoms with E-state index >= 15 is 0 Å². The molecule has 41 heavy (non-hydrogen) atoms. The monoisotopic (exact) mass is 571 g/mol. The summed E-state index contributed by atoms with van der Waals surface area (Å²) in [6.07, 6.45) is 2.51. The van der Waals surface area contributed by atoms with Gasteiger partial charge in [0.1, 0.15) is 22.7 Å². The standard InChI is InChI=1S/C31H42FN3O6/c1-6-31(28(37)40-7-2,16-18-39-19-17-33-29(38)41-30(3,4)5)35-27(36)25-15-14-24(22-10-11-22)26(34-25)20-21-8-12-23(32)13-9-21/h8-9,12-15,22H,6-7,10-11,16-20H2,1-5H3,(H,33,38)(H,35,36). The molecule has 0 saturated heterocycles. The molecule has 0 radical (unpaired) electrons. The second-order valence-corrected chi connectivity index (χ2v) is 11.2. The number of alkyl carbamates (subject to hydrolysis) is 1. The van der Waals surface area contributed by atoms with Gasteiger partial charge in [-0.3, -0.25) is 4.79 Å². The number of esters is 1. The fourth-order valence-corrected chi connectivity index (χ4v) is 4.41. The maximum absolute atomic E-state index is 13.5. The molecule has 1 aromatic heterocycles. The van der Waals surface area contributed by atoms with E-state index in [4.69, 9.17) is 19.2 Å². The predicted octanol–water partition coefficient (Wildman–Crippen LogP) is 5.06. The molecule has 10 heteroatoms. The Hall–Kier alpha value is -3.53. The number of pyridine rings is 1. The van der Waals surface area contributed by atoms with Crippen LogP contribution < -0.4 is 10.6 Å². The number of aromatic nitrogens is 1. The van der Waals surface area contributed by atoms with Crippen molar-refractivity contribution in [2.24, 2.45) is 0 Å². The average Bonchev–Trinajstić information content (AvgIpc) is 3.76. The smallest absolute Gasteiger partial charge is 0.407 e. The summed E-state index contributed by atoms with van der Waals surface area (Å²) in [5.41, 5.74) is 1.03. The SMILES string of the molecule is CCOC(=O)C(CC)(CCOCCNC(=O)OC(C)(C)C)NC(=O)c1ccc(C2CC2)c(Cc2ccc(F)cc2)n1. The molecular weight excluding hydrogens is 529 g/mol. The number of benzene rings is 1. The van der Waals surface area contributed by atoms with Crippen LogP contribution in [0.4, 0.5) is 9.18 Å². The fourth-order valence-electron chi connectivity index (χ4n) is 4.41. The van der Waals surface area contributed by atoms with E-state index in [2.05, 4.69) is 10.6 Å². The minimum absolute atomic E-state index is 0.146. The number of nitrogens with one attached hydrogen (secondary N) is 2. The first kappa shape index (κ1) is 32.0. The van der Waals surface area contributed by atoms with E-state index in [0.717, 1.165) is 29.7 Å². The largest absolute Gasteiger partial charge is 0.464 e. The van der Waals surface area contributed by atoms with E-state index in [1.807, 2.05) is 6.07 Å². The lowest BCUT2D eigenvalue weighted by molar-refractivity contribution is -0.152. The van der Waals surface area contributed by atoms with Gasteiger partial charge in [-0.25, -0.2) is 19.0 Å². The minimum atomic E-state index is -1.32. The molecule has 224 valence electrons. The topological polar surface area (TPSA) is 116 Å². The number of nitrogens with zero attached hydrogens (tertiary/aromatic N) is 1. The highest BCUT2D eigenvalue weighted by Crippen LogP contribution is 2.41. The van der Waals surface area contributed by atoms with Crippen molar-refractivity contribution in [3.05, 3.63) is 64.7 Å². The number of amides is 2. The van der Waals surface area contributed by atoms with Gasteiger partial charge in [0.2, 0.25) is 0 Å². The summed E-state index contributed by atoms with van der Waals surface area (Å²) in [5, 5.41) is 5.50. The Balaban J connectivity index is 1.68. The molecule has 1 unspecified atom stereocenters. The molecule has 1 aliphatic rings. The average molecular weight is 572 g/mol.